The molecule has 2 aromatic carbocycles. The molecule has 3 N–H and O–H groups in total. The third-order valence-corrected chi connectivity index (χ3v) is 4.60. The summed E-state index contributed by atoms with van der Waals surface area (Å²) < 4.78 is 5.48. The SMILES string of the molecule is N[C@H](CNc1cc(-c2ccc3cnccc3c2)on1)Cc1cccc(Cl)c1. The van der Waals surface area contributed by atoms with Crippen molar-refractivity contribution in [3.63, 3.8) is 0 Å². The zero-order valence-electron chi connectivity index (χ0n) is 14.6. The molecule has 0 aliphatic carbocycles. The van der Waals surface area contributed by atoms with E-state index in [1.165, 1.54) is 0 Å². The van der Waals surface area contributed by atoms with Gasteiger partial charge in [0.2, 0.25) is 0 Å². The Morgan fingerprint density at radius 2 is 2.00 bits per heavy atom. The summed E-state index contributed by atoms with van der Waals surface area (Å²) in [5, 5.41) is 10.2. The highest BCUT2D eigenvalue weighted by Gasteiger charge is 2.10. The molecule has 0 bridgehead atoms. The zero-order chi connectivity index (χ0) is 18.6. The monoisotopic (exact) mass is 378 g/mol. The lowest BCUT2D eigenvalue weighted by molar-refractivity contribution is 0.434. The molecule has 136 valence electrons. The largest absolute Gasteiger partial charge is 0.366 e. The van der Waals surface area contributed by atoms with Crippen LogP contribution in [-0.4, -0.2) is 22.7 Å². The summed E-state index contributed by atoms with van der Waals surface area (Å²) in [6, 6.07) is 17.6. The van der Waals surface area contributed by atoms with Crippen molar-refractivity contribution in [2.45, 2.75) is 12.5 Å². The Morgan fingerprint density at radius 3 is 2.89 bits per heavy atom. The molecule has 4 rings (SSSR count). The van der Waals surface area contributed by atoms with E-state index in [9.17, 15) is 0 Å². The number of hydrogen-bond donors (Lipinski definition) is 2. The first-order valence-corrected chi connectivity index (χ1v) is 9.10. The first-order valence-electron chi connectivity index (χ1n) is 8.72. The molecule has 0 spiro atoms. The Labute approximate surface area is 162 Å². The molecular weight excluding hydrogens is 360 g/mol. The maximum Gasteiger partial charge on any atom is 0.170 e. The van der Waals surface area contributed by atoms with Crippen molar-refractivity contribution in [3.05, 3.63) is 77.6 Å². The van der Waals surface area contributed by atoms with E-state index in [2.05, 4.69) is 21.5 Å². The predicted octanol–water partition coefficient (Wildman–Crippen LogP) is 4.53. The van der Waals surface area contributed by atoms with Crippen molar-refractivity contribution in [1.82, 2.24) is 10.1 Å². The van der Waals surface area contributed by atoms with Gasteiger partial charge in [-0.1, -0.05) is 41.0 Å². The molecule has 4 aromatic rings. The highest BCUT2D eigenvalue weighted by atomic mass is 35.5. The average Bonchev–Trinajstić information content (AvgIpc) is 3.15. The van der Waals surface area contributed by atoms with Gasteiger partial charge in [0.25, 0.3) is 0 Å². The van der Waals surface area contributed by atoms with Crippen molar-refractivity contribution in [2.24, 2.45) is 5.73 Å². The van der Waals surface area contributed by atoms with Gasteiger partial charge in [-0.2, -0.15) is 0 Å². The van der Waals surface area contributed by atoms with Gasteiger partial charge in [0.15, 0.2) is 11.6 Å². The minimum Gasteiger partial charge on any atom is -0.366 e. The predicted molar refractivity (Wildman–Crippen MR) is 109 cm³/mol. The maximum atomic E-state index is 6.21. The van der Waals surface area contributed by atoms with Crippen molar-refractivity contribution in [1.29, 1.82) is 0 Å². The quantitative estimate of drug-likeness (QED) is 0.515. The number of aromatic nitrogens is 2. The van der Waals surface area contributed by atoms with Gasteiger partial charge in [-0.3, -0.25) is 4.98 Å². The summed E-state index contributed by atoms with van der Waals surface area (Å²) >= 11 is 6.02. The molecule has 0 aliphatic heterocycles. The number of halogens is 1. The topological polar surface area (TPSA) is 77.0 Å². The molecule has 0 fully saturated rings. The van der Waals surface area contributed by atoms with Crippen LogP contribution in [0.15, 0.2) is 71.5 Å². The van der Waals surface area contributed by atoms with Crippen molar-refractivity contribution < 1.29 is 4.52 Å². The second-order valence-electron chi connectivity index (χ2n) is 6.49. The third-order valence-electron chi connectivity index (χ3n) is 4.37. The Bertz CT molecular complexity index is 1060. The molecule has 6 heteroatoms. The van der Waals surface area contributed by atoms with Crippen LogP contribution in [0.5, 0.6) is 0 Å². The van der Waals surface area contributed by atoms with E-state index in [0.717, 1.165) is 33.3 Å². The smallest absolute Gasteiger partial charge is 0.170 e. The van der Waals surface area contributed by atoms with Gasteiger partial charge >= 0.3 is 0 Å². The summed E-state index contributed by atoms with van der Waals surface area (Å²) in [6.45, 7) is 0.585. The van der Waals surface area contributed by atoms with E-state index >= 15 is 0 Å². The van der Waals surface area contributed by atoms with Gasteiger partial charge in [0.05, 0.1) is 0 Å². The second kappa shape index (κ2) is 7.78. The van der Waals surface area contributed by atoms with E-state index in [1.807, 2.05) is 54.7 Å². The highest BCUT2D eigenvalue weighted by Crippen LogP contribution is 2.26. The first-order chi connectivity index (χ1) is 13.2. The minimum absolute atomic E-state index is 0.0585. The van der Waals surface area contributed by atoms with E-state index in [0.29, 0.717) is 18.1 Å². The van der Waals surface area contributed by atoms with Crippen LogP contribution in [0, 0.1) is 0 Å². The van der Waals surface area contributed by atoms with Crippen LogP contribution in [0.2, 0.25) is 5.02 Å². The molecule has 0 amide bonds. The Kier molecular flexibility index (Phi) is 5.05. The molecule has 0 saturated carbocycles. The van der Waals surface area contributed by atoms with Gasteiger partial charge in [0, 0.05) is 47.0 Å². The Balaban J connectivity index is 1.40. The fourth-order valence-electron chi connectivity index (χ4n) is 3.01. The molecule has 0 aliphatic rings. The highest BCUT2D eigenvalue weighted by molar-refractivity contribution is 6.30. The Morgan fingerprint density at radius 1 is 1.07 bits per heavy atom. The van der Waals surface area contributed by atoms with Crippen molar-refractivity contribution >= 4 is 28.2 Å². The van der Waals surface area contributed by atoms with Gasteiger partial charge in [-0.25, -0.2) is 0 Å². The van der Waals surface area contributed by atoms with E-state index < -0.39 is 0 Å². The fraction of sp³-hybridized carbons (Fsp3) is 0.143. The van der Waals surface area contributed by atoms with Crippen LogP contribution in [0.1, 0.15) is 5.56 Å². The Hall–Kier alpha value is -2.89. The number of nitrogens with two attached hydrogens (primary N) is 1. The summed E-state index contributed by atoms with van der Waals surface area (Å²) in [6.07, 6.45) is 4.35. The standard InChI is InChI=1S/C21H19ClN4O/c22-18-3-1-2-14(8-18)9-19(23)13-25-21-11-20(27-26-21)16-4-5-17-12-24-7-6-15(17)10-16/h1-8,10-12,19H,9,13,23H2,(H,25,26)/t19-/m0/s1. The van der Waals surface area contributed by atoms with E-state index in [4.69, 9.17) is 21.9 Å². The lowest BCUT2D eigenvalue weighted by Crippen LogP contribution is -2.31. The average molecular weight is 379 g/mol. The van der Waals surface area contributed by atoms with Gasteiger partial charge in [-0.05, 0) is 41.6 Å². The van der Waals surface area contributed by atoms with Crippen LogP contribution in [0.3, 0.4) is 0 Å². The lowest BCUT2D eigenvalue weighted by atomic mass is 10.1. The molecule has 1 atom stereocenters. The maximum absolute atomic E-state index is 6.21. The van der Waals surface area contributed by atoms with Crippen molar-refractivity contribution in [3.8, 4) is 11.3 Å². The number of benzene rings is 2. The van der Waals surface area contributed by atoms with Crippen molar-refractivity contribution in [2.75, 3.05) is 11.9 Å². The normalized spacial score (nSPS) is 12.2. The summed E-state index contributed by atoms with van der Waals surface area (Å²) in [7, 11) is 0. The number of hydrogen-bond acceptors (Lipinski definition) is 5. The van der Waals surface area contributed by atoms with E-state index in [-0.39, 0.29) is 6.04 Å². The molecule has 0 unspecified atom stereocenters. The van der Waals surface area contributed by atoms with Gasteiger partial charge in [0.1, 0.15) is 0 Å². The lowest BCUT2D eigenvalue weighted by Gasteiger charge is -2.12. The molecule has 0 saturated heterocycles. The molecule has 27 heavy (non-hydrogen) atoms. The van der Waals surface area contributed by atoms with Crippen LogP contribution in [-0.2, 0) is 6.42 Å². The zero-order valence-corrected chi connectivity index (χ0v) is 15.4. The molecular formula is C21H19ClN4O. The van der Waals surface area contributed by atoms with Gasteiger partial charge < -0.3 is 15.6 Å². The molecule has 5 nitrogen and oxygen atoms in total. The number of pyridine rings is 1. The number of anilines is 1. The number of nitrogens with one attached hydrogen (secondary N) is 1. The number of rotatable bonds is 6. The molecule has 2 aromatic heterocycles. The van der Waals surface area contributed by atoms with Crippen LogP contribution >= 0.6 is 11.6 Å². The van der Waals surface area contributed by atoms with E-state index in [1.54, 1.807) is 6.20 Å². The summed E-state index contributed by atoms with van der Waals surface area (Å²) in [5.41, 5.74) is 8.30. The number of nitrogens with zero attached hydrogens (tertiary/aromatic N) is 2. The van der Waals surface area contributed by atoms with Gasteiger partial charge in [-0.15, -0.1) is 0 Å². The fourth-order valence-corrected chi connectivity index (χ4v) is 3.22. The summed E-state index contributed by atoms with van der Waals surface area (Å²) in [4.78, 5) is 4.13. The molecule has 2 heterocycles. The van der Waals surface area contributed by atoms with Crippen LogP contribution in [0.4, 0.5) is 5.82 Å². The molecule has 0 radical (unpaired) electrons. The second-order valence-corrected chi connectivity index (χ2v) is 6.93. The van der Waals surface area contributed by atoms with Crippen LogP contribution in [0.25, 0.3) is 22.1 Å². The summed E-state index contributed by atoms with van der Waals surface area (Å²) in [5.74, 6) is 1.38. The third kappa shape index (κ3) is 4.27. The minimum atomic E-state index is -0.0585. The first kappa shape index (κ1) is 17.5. The van der Waals surface area contributed by atoms with Crippen LogP contribution < -0.4 is 11.1 Å². The number of fused-ring (bicyclic) bond motifs is 1.